The molecule has 0 saturated heterocycles. The van der Waals surface area contributed by atoms with Gasteiger partial charge >= 0.3 is 7.82 Å². The van der Waals surface area contributed by atoms with Gasteiger partial charge in [0, 0.05) is 0 Å². The van der Waals surface area contributed by atoms with Crippen molar-refractivity contribution in [2.24, 2.45) is 0 Å². The zero-order valence-corrected chi connectivity index (χ0v) is 15.7. The van der Waals surface area contributed by atoms with Crippen LogP contribution in [0.25, 0.3) is 22.1 Å². The molecule has 0 aliphatic heterocycles. The number of rotatable bonds is 6. The Balaban J connectivity index is 1.54. The summed E-state index contributed by atoms with van der Waals surface area (Å²) in [5.74, 6) is 0.282. The van der Waals surface area contributed by atoms with Crippen molar-refractivity contribution < 1.29 is 18.3 Å². The Labute approximate surface area is 163 Å². The van der Waals surface area contributed by atoms with Gasteiger partial charge in [-0.05, 0) is 46.8 Å². The lowest BCUT2D eigenvalue weighted by Crippen LogP contribution is -2.23. The van der Waals surface area contributed by atoms with E-state index in [-0.39, 0.29) is 5.75 Å². The molecule has 144 valence electrons. The second-order valence-corrected chi connectivity index (χ2v) is 7.32. The van der Waals surface area contributed by atoms with Gasteiger partial charge in [-0.25, -0.2) is 0 Å². The summed E-state index contributed by atoms with van der Waals surface area (Å²) in [6.45, 7) is 0. The highest BCUT2D eigenvalue weighted by atomic mass is 31.2. The number of para-hydroxylation sites is 3. The Bertz CT molecular complexity index is 1260. The van der Waals surface area contributed by atoms with Gasteiger partial charge in [0.15, 0.2) is 0 Å². The number of aromatic nitrogens is 6. The minimum atomic E-state index is -4.31. The van der Waals surface area contributed by atoms with E-state index in [0.717, 1.165) is 9.69 Å². The van der Waals surface area contributed by atoms with E-state index in [1.807, 2.05) is 0 Å². The molecule has 0 radical (unpaired) electrons. The predicted molar refractivity (Wildman–Crippen MR) is 103 cm³/mol. The molecule has 29 heavy (non-hydrogen) atoms. The molecule has 5 rings (SSSR count). The quantitative estimate of drug-likeness (QED) is 0.395. The molecule has 0 spiro atoms. The number of nitrogens with zero attached hydrogens (tertiary/aromatic N) is 6. The van der Waals surface area contributed by atoms with Crippen molar-refractivity contribution in [1.29, 1.82) is 0 Å². The lowest BCUT2D eigenvalue weighted by atomic mass is 10.3. The lowest BCUT2D eigenvalue weighted by molar-refractivity contribution is 0.110. The molecule has 0 fully saturated rings. The van der Waals surface area contributed by atoms with Crippen LogP contribution in [-0.2, 0) is 4.57 Å². The average molecular weight is 408 g/mol. The Hall–Kier alpha value is -3.91. The molecule has 2 aromatic heterocycles. The van der Waals surface area contributed by atoms with Crippen LogP contribution >= 0.6 is 7.82 Å². The van der Waals surface area contributed by atoms with Crippen LogP contribution in [0, 0.1) is 0 Å². The van der Waals surface area contributed by atoms with Crippen LogP contribution in [0.5, 0.6) is 5.75 Å². The van der Waals surface area contributed by atoms with Gasteiger partial charge in [-0.3, -0.25) is 9.25 Å². The minimum absolute atomic E-state index is 0.282. The summed E-state index contributed by atoms with van der Waals surface area (Å²) in [4.78, 5) is 2.00. The third-order valence-corrected chi connectivity index (χ3v) is 5.10. The molecular formula is C18H13N6O4P. The van der Waals surface area contributed by atoms with Crippen LogP contribution in [0.4, 0.5) is 0 Å². The fraction of sp³-hybridized carbons (Fsp3) is 0. The van der Waals surface area contributed by atoms with E-state index >= 15 is 0 Å². The van der Waals surface area contributed by atoms with E-state index < -0.39 is 7.82 Å². The highest BCUT2D eigenvalue weighted by molar-refractivity contribution is 7.49. The van der Waals surface area contributed by atoms with Crippen molar-refractivity contribution in [2.45, 2.75) is 0 Å². The zero-order chi connectivity index (χ0) is 19.7. The van der Waals surface area contributed by atoms with Crippen LogP contribution in [0.1, 0.15) is 0 Å². The number of hydrogen-bond donors (Lipinski definition) is 0. The van der Waals surface area contributed by atoms with E-state index in [0.29, 0.717) is 22.1 Å². The number of fused-ring (bicyclic) bond motifs is 2. The number of phosphoric acid groups is 1. The highest BCUT2D eigenvalue weighted by Crippen LogP contribution is 2.43. The first-order valence-electron chi connectivity index (χ1n) is 8.56. The summed E-state index contributed by atoms with van der Waals surface area (Å²) >= 11 is 0. The molecule has 0 saturated carbocycles. The molecule has 11 heteroatoms. The van der Waals surface area contributed by atoms with E-state index in [1.165, 1.54) is 0 Å². The van der Waals surface area contributed by atoms with Gasteiger partial charge in [0.1, 0.15) is 27.8 Å². The summed E-state index contributed by atoms with van der Waals surface area (Å²) in [6.07, 6.45) is 0. The maximum absolute atomic E-state index is 13.6. The normalized spacial score (nSPS) is 11.6. The average Bonchev–Trinajstić information content (AvgIpc) is 3.33. The predicted octanol–water partition coefficient (Wildman–Crippen LogP) is 2.92. The van der Waals surface area contributed by atoms with Crippen LogP contribution in [-0.4, -0.2) is 30.3 Å². The molecule has 0 amide bonds. The van der Waals surface area contributed by atoms with Crippen molar-refractivity contribution in [3.05, 3.63) is 78.9 Å². The third-order valence-electron chi connectivity index (χ3n) is 3.96. The maximum Gasteiger partial charge on any atom is 0.689 e. The summed E-state index contributed by atoms with van der Waals surface area (Å²) in [5, 5.41) is 15.7. The first kappa shape index (κ1) is 17.2. The fourth-order valence-electron chi connectivity index (χ4n) is 2.66. The van der Waals surface area contributed by atoms with Gasteiger partial charge in [-0.2, -0.15) is 4.57 Å². The van der Waals surface area contributed by atoms with Crippen LogP contribution in [0.3, 0.4) is 0 Å². The van der Waals surface area contributed by atoms with Crippen LogP contribution in [0.15, 0.2) is 78.9 Å². The molecule has 0 unspecified atom stereocenters. The molecule has 0 N–H and O–H groups in total. The van der Waals surface area contributed by atoms with Crippen LogP contribution in [0.2, 0.25) is 0 Å². The molecule has 0 aliphatic carbocycles. The van der Waals surface area contributed by atoms with Gasteiger partial charge < -0.3 is 4.52 Å². The zero-order valence-electron chi connectivity index (χ0n) is 14.8. The first-order valence-corrected chi connectivity index (χ1v) is 10.0. The SMILES string of the molecule is O=P(Oc1ccccc1)(On1nnc2ccccc21)On1nnc2ccccc21. The fourth-order valence-corrected chi connectivity index (χ4v) is 3.76. The summed E-state index contributed by atoms with van der Waals surface area (Å²) in [5.41, 5.74) is 2.11. The van der Waals surface area contributed by atoms with Crippen molar-refractivity contribution in [3.63, 3.8) is 0 Å². The third kappa shape index (κ3) is 3.37. The van der Waals surface area contributed by atoms with E-state index in [9.17, 15) is 4.57 Å². The van der Waals surface area contributed by atoms with Crippen molar-refractivity contribution in [1.82, 2.24) is 30.3 Å². The Morgan fingerprint density at radius 3 is 1.69 bits per heavy atom. The molecule has 3 aromatic carbocycles. The first-order chi connectivity index (χ1) is 14.2. The lowest BCUT2D eigenvalue weighted by Gasteiger charge is -2.17. The summed E-state index contributed by atoms with van der Waals surface area (Å²) < 4.78 is 30.2. The Kier molecular flexibility index (Phi) is 4.10. The van der Waals surface area contributed by atoms with Crippen LogP contribution < -0.4 is 13.8 Å². The monoisotopic (exact) mass is 408 g/mol. The standard InChI is InChI=1S/C18H13N6O4P/c25-29(26-14-8-2-1-3-9-14,27-23-17-12-6-4-10-15(17)19-21-23)28-24-18-13-7-5-11-16(18)20-22-24/h1-13H. The van der Waals surface area contributed by atoms with Crippen molar-refractivity contribution in [2.75, 3.05) is 0 Å². The number of benzene rings is 3. The molecule has 0 atom stereocenters. The molecule has 0 bridgehead atoms. The summed E-state index contributed by atoms with van der Waals surface area (Å²) in [6, 6.07) is 22.6. The van der Waals surface area contributed by atoms with Gasteiger partial charge in [0.2, 0.25) is 0 Å². The molecular weight excluding hydrogens is 395 g/mol. The smallest absolute Gasteiger partial charge is 0.384 e. The second kappa shape index (κ2) is 6.92. The van der Waals surface area contributed by atoms with E-state index in [2.05, 4.69) is 20.6 Å². The van der Waals surface area contributed by atoms with Gasteiger partial charge in [-0.15, -0.1) is 10.2 Å². The molecule has 0 aliphatic rings. The van der Waals surface area contributed by atoms with E-state index in [4.69, 9.17) is 13.8 Å². The summed E-state index contributed by atoms with van der Waals surface area (Å²) in [7, 11) is -4.31. The van der Waals surface area contributed by atoms with Gasteiger partial charge in [0.05, 0.1) is 0 Å². The van der Waals surface area contributed by atoms with E-state index in [1.54, 1.807) is 78.9 Å². The largest absolute Gasteiger partial charge is 0.689 e. The van der Waals surface area contributed by atoms with Crippen molar-refractivity contribution >= 4 is 29.9 Å². The highest BCUT2D eigenvalue weighted by Gasteiger charge is 2.37. The Morgan fingerprint density at radius 2 is 1.14 bits per heavy atom. The number of hydrogen-bond acceptors (Lipinski definition) is 8. The van der Waals surface area contributed by atoms with Crippen molar-refractivity contribution in [3.8, 4) is 5.75 Å². The molecule has 2 heterocycles. The second-order valence-electron chi connectivity index (χ2n) is 5.92. The topological polar surface area (TPSA) is 106 Å². The van der Waals surface area contributed by atoms with Gasteiger partial charge in [0.25, 0.3) is 0 Å². The maximum atomic E-state index is 13.6. The Morgan fingerprint density at radius 1 is 0.655 bits per heavy atom. The molecule has 5 aromatic rings. The van der Waals surface area contributed by atoms with Gasteiger partial charge in [-0.1, -0.05) is 52.2 Å². The minimum Gasteiger partial charge on any atom is -0.384 e. The molecule has 10 nitrogen and oxygen atoms in total.